The second-order valence-electron chi connectivity index (χ2n) is 4.07. The van der Waals surface area contributed by atoms with Crippen LogP contribution in [0.4, 0.5) is 0 Å². The summed E-state index contributed by atoms with van der Waals surface area (Å²) in [5, 5.41) is 4.11. The van der Waals surface area contributed by atoms with Crippen molar-refractivity contribution in [2.45, 2.75) is 33.1 Å². The van der Waals surface area contributed by atoms with Crippen LogP contribution < -0.4 is 0 Å². The number of aromatic nitrogens is 2. The molecule has 0 aliphatic heterocycles. The fourth-order valence-corrected chi connectivity index (χ4v) is 1.61. The SMILES string of the molecule is CC(=O)CC(C)CCc1cnn(C)c1. The summed E-state index contributed by atoms with van der Waals surface area (Å²) in [7, 11) is 1.92. The third kappa shape index (κ3) is 3.73. The molecule has 3 heteroatoms. The smallest absolute Gasteiger partial charge is 0.130 e. The van der Waals surface area contributed by atoms with Crippen molar-refractivity contribution in [1.82, 2.24) is 9.78 Å². The predicted molar refractivity (Wildman–Crippen MR) is 56.0 cm³/mol. The fraction of sp³-hybridized carbons (Fsp3) is 0.636. The van der Waals surface area contributed by atoms with Crippen LogP contribution in [0.25, 0.3) is 0 Å². The van der Waals surface area contributed by atoms with Gasteiger partial charge >= 0.3 is 0 Å². The van der Waals surface area contributed by atoms with Crippen LogP contribution in [0.1, 0.15) is 32.3 Å². The topological polar surface area (TPSA) is 34.9 Å². The highest BCUT2D eigenvalue weighted by atomic mass is 16.1. The van der Waals surface area contributed by atoms with Crippen molar-refractivity contribution in [3.05, 3.63) is 18.0 Å². The van der Waals surface area contributed by atoms with E-state index < -0.39 is 0 Å². The van der Waals surface area contributed by atoms with E-state index in [2.05, 4.69) is 12.0 Å². The number of hydrogen-bond donors (Lipinski definition) is 0. The number of ketones is 1. The Morgan fingerprint density at radius 1 is 1.64 bits per heavy atom. The maximum absolute atomic E-state index is 10.9. The van der Waals surface area contributed by atoms with E-state index in [1.165, 1.54) is 5.56 Å². The van der Waals surface area contributed by atoms with Gasteiger partial charge in [0.25, 0.3) is 0 Å². The minimum Gasteiger partial charge on any atom is -0.300 e. The number of Topliss-reactive ketones (excluding diaryl/α,β-unsaturated/α-hetero) is 1. The molecule has 0 saturated heterocycles. The van der Waals surface area contributed by atoms with Crippen molar-refractivity contribution in [2.24, 2.45) is 13.0 Å². The molecular formula is C11H18N2O. The van der Waals surface area contributed by atoms with Gasteiger partial charge < -0.3 is 4.79 Å². The first kappa shape index (κ1) is 11.0. The minimum atomic E-state index is 0.281. The molecule has 0 radical (unpaired) electrons. The summed E-state index contributed by atoms with van der Waals surface area (Å²) in [5.74, 6) is 0.761. The van der Waals surface area contributed by atoms with E-state index in [4.69, 9.17) is 0 Å². The molecule has 1 aromatic heterocycles. The lowest BCUT2D eigenvalue weighted by molar-refractivity contribution is -0.117. The van der Waals surface area contributed by atoms with Crippen molar-refractivity contribution in [2.75, 3.05) is 0 Å². The Kier molecular flexibility index (Phi) is 3.86. The van der Waals surface area contributed by atoms with Crippen molar-refractivity contribution in [3.8, 4) is 0 Å². The molecule has 0 saturated carbocycles. The molecule has 0 spiro atoms. The molecule has 0 aliphatic carbocycles. The molecule has 0 aliphatic rings. The van der Waals surface area contributed by atoms with Crippen LogP contribution in [-0.4, -0.2) is 15.6 Å². The Morgan fingerprint density at radius 3 is 2.86 bits per heavy atom. The van der Waals surface area contributed by atoms with Crippen LogP contribution in [0.15, 0.2) is 12.4 Å². The van der Waals surface area contributed by atoms with Crippen molar-refractivity contribution >= 4 is 5.78 Å². The number of carbonyl (C=O) groups excluding carboxylic acids is 1. The van der Waals surface area contributed by atoms with E-state index in [0.717, 1.165) is 12.8 Å². The first-order valence-corrected chi connectivity index (χ1v) is 5.05. The van der Waals surface area contributed by atoms with Gasteiger partial charge in [0.1, 0.15) is 5.78 Å². The second kappa shape index (κ2) is 4.94. The second-order valence-corrected chi connectivity index (χ2v) is 4.07. The van der Waals surface area contributed by atoms with Gasteiger partial charge in [-0.05, 0) is 31.2 Å². The molecular weight excluding hydrogens is 176 g/mol. The van der Waals surface area contributed by atoms with Crippen molar-refractivity contribution in [1.29, 1.82) is 0 Å². The molecule has 0 bridgehead atoms. The zero-order valence-electron chi connectivity index (χ0n) is 9.16. The summed E-state index contributed by atoms with van der Waals surface area (Å²) in [6.45, 7) is 3.78. The third-order valence-electron chi connectivity index (χ3n) is 2.32. The molecule has 0 N–H and O–H groups in total. The quantitative estimate of drug-likeness (QED) is 0.718. The van der Waals surface area contributed by atoms with E-state index in [0.29, 0.717) is 12.3 Å². The van der Waals surface area contributed by atoms with Gasteiger partial charge in [0.15, 0.2) is 0 Å². The minimum absolute atomic E-state index is 0.281. The molecule has 1 aromatic rings. The third-order valence-corrected chi connectivity index (χ3v) is 2.32. The highest BCUT2D eigenvalue weighted by Gasteiger charge is 2.06. The standard InChI is InChI=1S/C11H18N2O/c1-9(6-10(2)14)4-5-11-7-12-13(3)8-11/h7-9H,4-6H2,1-3H3. The number of rotatable bonds is 5. The van der Waals surface area contributed by atoms with Gasteiger partial charge in [-0.3, -0.25) is 4.68 Å². The molecule has 1 rings (SSSR count). The van der Waals surface area contributed by atoms with Crippen molar-refractivity contribution in [3.63, 3.8) is 0 Å². The van der Waals surface area contributed by atoms with E-state index in [1.807, 2.05) is 24.1 Å². The summed E-state index contributed by atoms with van der Waals surface area (Å²) in [6, 6.07) is 0. The van der Waals surface area contributed by atoms with Gasteiger partial charge in [-0.15, -0.1) is 0 Å². The van der Waals surface area contributed by atoms with Crippen LogP contribution in [0.2, 0.25) is 0 Å². The molecule has 0 aromatic carbocycles. The monoisotopic (exact) mass is 194 g/mol. The van der Waals surface area contributed by atoms with Gasteiger partial charge in [-0.1, -0.05) is 6.92 Å². The summed E-state index contributed by atoms with van der Waals surface area (Å²) >= 11 is 0. The van der Waals surface area contributed by atoms with E-state index in [1.54, 1.807) is 6.92 Å². The average molecular weight is 194 g/mol. The lowest BCUT2D eigenvalue weighted by atomic mass is 9.98. The summed E-state index contributed by atoms with van der Waals surface area (Å²) in [6.07, 6.45) is 6.69. The maximum Gasteiger partial charge on any atom is 0.130 e. The van der Waals surface area contributed by atoms with Crippen molar-refractivity contribution < 1.29 is 4.79 Å². The average Bonchev–Trinajstić information content (AvgIpc) is 2.47. The predicted octanol–water partition coefficient (Wildman–Crippen LogP) is 1.97. The highest BCUT2D eigenvalue weighted by molar-refractivity contribution is 5.75. The lowest BCUT2D eigenvalue weighted by Crippen LogP contribution is -2.02. The molecule has 14 heavy (non-hydrogen) atoms. The molecule has 0 fully saturated rings. The number of nitrogens with zero attached hydrogens (tertiary/aromatic N) is 2. The maximum atomic E-state index is 10.9. The molecule has 1 unspecified atom stereocenters. The molecule has 1 atom stereocenters. The van der Waals surface area contributed by atoms with Gasteiger partial charge in [0, 0.05) is 19.7 Å². The van der Waals surface area contributed by atoms with E-state index >= 15 is 0 Å². The Hall–Kier alpha value is -1.12. The van der Waals surface area contributed by atoms with Crippen LogP contribution in [-0.2, 0) is 18.3 Å². The Morgan fingerprint density at radius 2 is 2.36 bits per heavy atom. The summed E-state index contributed by atoms with van der Waals surface area (Å²) in [5.41, 5.74) is 1.25. The molecule has 3 nitrogen and oxygen atoms in total. The Bertz CT molecular complexity index is 304. The Balaban J connectivity index is 2.30. The first-order chi connectivity index (χ1) is 6.58. The van der Waals surface area contributed by atoms with Crippen LogP contribution in [0.3, 0.4) is 0 Å². The largest absolute Gasteiger partial charge is 0.300 e. The van der Waals surface area contributed by atoms with Gasteiger partial charge in [-0.2, -0.15) is 5.10 Å². The Labute approximate surface area is 85.1 Å². The fourth-order valence-electron chi connectivity index (χ4n) is 1.61. The number of aryl methyl sites for hydroxylation is 2. The molecule has 0 amide bonds. The normalized spacial score (nSPS) is 12.8. The van der Waals surface area contributed by atoms with E-state index in [9.17, 15) is 4.79 Å². The molecule has 78 valence electrons. The summed E-state index contributed by atoms with van der Waals surface area (Å²) in [4.78, 5) is 10.9. The highest BCUT2D eigenvalue weighted by Crippen LogP contribution is 2.12. The molecule has 1 heterocycles. The first-order valence-electron chi connectivity index (χ1n) is 5.05. The number of carbonyl (C=O) groups is 1. The number of hydrogen-bond acceptors (Lipinski definition) is 2. The zero-order chi connectivity index (χ0) is 10.6. The van der Waals surface area contributed by atoms with Crippen LogP contribution in [0.5, 0.6) is 0 Å². The summed E-state index contributed by atoms with van der Waals surface area (Å²) < 4.78 is 1.81. The van der Waals surface area contributed by atoms with Gasteiger partial charge in [0.2, 0.25) is 0 Å². The lowest BCUT2D eigenvalue weighted by Gasteiger charge is -2.07. The zero-order valence-corrected chi connectivity index (χ0v) is 9.16. The van der Waals surface area contributed by atoms with Crippen LogP contribution >= 0.6 is 0 Å². The van der Waals surface area contributed by atoms with Gasteiger partial charge in [-0.25, -0.2) is 0 Å². The van der Waals surface area contributed by atoms with Crippen LogP contribution in [0, 0.1) is 5.92 Å². The van der Waals surface area contributed by atoms with Gasteiger partial charge in [0.05, 0.1) is 6.20 Å². The van der Waals surface area contributed by atoms with E-state index in [-0.39, 0.29) is 5.78 Å².